The smallest absolute Gasteiger partial charge is 0.308 e. The summed E-state index contributed by atoms with van der Waals surface area (Å²) in [7, 11) is 1.36. The topological polar surface area (TPSA) is 65.1 Å². The van der Waals surface area contributed by atoms with Crippen molar-refractivity contribution in [1.29, 1.82) is 0 Å². The van der Waals surface area contributed by atoms with E-state index in [2.05, 4.69) is 4.74 Å². The van der Waals surface area contributed by atoms with Gasteiger partial charge in [0.25, 0.3) is 0 Å². The summed E-state index contributed by atoms with van der Waals surface area (Å²) in [5, 5.41) is 0. The summed E-state index contributed by atoms with van der Waals surface area (Å²) in [5.41, 5.74) is 0. The van der Waals surface area contributed by atoms with Crippen LogP contribution in [0.2, 0.25) is 0 Å². The van der Waals surface area contributed by atoms with Gasteiger partial charge in [0.1, 0.15) is 0 Å². The molecule has 2 fully saturated rings. The Balaban J connectivity index is 1.78. The van der Waals surface area contributed by atoms with E-state index in [0.717, 1.165) is 25.9 Å². The van der Waals surface area contributed by atoms with E-state index in [4.69, 9.17) is 9.47 Å². The molecule has 2 heterocycles. The van der Waals surface area contributed by atoms with Gasteiger partial charge in [-0.15, -0.1) is 0 Å². The minimum absolute atomic E-state index is 0.0538. The highest BCUT2D eigenvalue weighted by Gasteiger charge is 2.28. The van der Waals surface area contributed by atoms with Crippen molar-refractivity contribution in [1.82, 2.24) is 4.90 Å². The zero-order valence-corrected chi connectivity index (χ0v) is 12.0. The number of hydrogen-bond acceptors (Lipinski definition) is 5. The number of carbonyl (C=O) groups excluding carboxylic acids is 2. The molecule has 2 atom stereocenters. The van der Waals surface area contributed by atoms with Gasteiger partial charge >= 0.3 is 5.97 Å². The standard InChI is InChI=1S/C14H23NO5/c1-18-14(17)9-12-10-15(5-7-20-12)13(16)8-11-4-2-3-6-19-11/h11-12H,2-10H2,1H3. The summed E-state index contributed by atoms with van der Waals surface area (Å²) >= 11 is 0. The van der Waals surface area contributed by atoms with Gasteiger partial charge in [0.05, 0.1) is 38.8 Å². The lowest BCUT2D eigenvalue weighted by molar-refractivity contribution is -0.151. The van der Waals surface area contributed by atoms with Crippen LogP contribution in [-0.4, -0.2) is 62.4 Å². The van der Waals surface area contributed by atoms with Crippen LogP contribution in [0.15, 0.2) is 0 Å². The molecule has 2 aliphatic heterocycles. The molecule has 0 aromatic rings. The summed E-state index contributed by atoms with van der Waals surface area (Å²) in [6, 6.07) is 0. The third-order valence-electron chi connectivity index (χ3n) is 3.79. The fraction of sp³-hybridized carbons (Fsp3) is 0.857. The largest absolute Gasteiger partial charge is 0.469 e. The Labute approximate surface area is 119 Å². The Bertz CT molecular complexity index is 340. The van der Waals surface area contributed by atoms with E-state index in [0.29, 0.717) is 26.1 Å². The van der Waals surface area contributed by atoms with E-state index >= 15 is 0 Å². The summed E-state index contributed by atoms with van der Waals surface area (Å²) in [6.07, 6.45) is 3.60. The van der Waals surface area contributed by atoms with Gasteiger partial charge in [-0.3, -0.25) is 9.59 Å². The molecule has 0 aromatic heterocycles. The number of morpholine rings is 1. The van der Waals surface area contributed by atoms with E-state index in [-0.39, 0.29) is 30.5 Å². The van der Waals surface area contributed by atoms with E-state index in [1.54, 1.807) is 4.90 Å². The molecular formula is C14H23NO5. The molecule has 1 amide bonds. The van der Waals surface area contributed by atoms with Crippen molar-refractivity contribution < 1.29 is 23.8 Å². The van der Waals surface area contributed by atoms with Crippen LogP contribution in [0.4, 0.5) is 0 Å². The predicted molar refractivity (Wildman–Crippen MR) is 71.2 cm³/mol. The van der Waals surface area contributed by atoms with Crippen molar-refractivity contribution in [3.63, 3.8) is 0 Å². The highest BCUT2D eigenvalue weighted by molar-refractivity contribution is 5.77. The van der Waals surface area contributed by atoms with Crippen LogP contribution in [0.25, 0.3) is 0 Å². The molecule has 6 nitrogen and oxygen atoms in total. The van der Waals surface area contributed by atoms with Crippen LogP contribution >= 0.6 is 0 Å². The molecule has 114 valence electrons. The molecule has 0 aliphatic carbocycles. The Hall–Kier alpha value is -1.14. The van der Waals surface area contributed by atoms with E-state index in [1.807, 2.05) is 0 Å². The molecule has 0 aromatic carbocycles. The number of methoxy groups -OCH3 is 1. The zero-order valence-electron chi connectivity index (χ0n) is 12.0. The highest BCUT2D eigenvalue weighted by Crippen LogP contribution is 2.18. The minimum atomic E-state index is -0.306. The van der Waals surface area contributed by atoms with E-state index < -0.39 is 0 Å². The van der Waals surface area contributed by atoms with Crippen molar-refractivity contribution in [3.8, 4) is 0 Å². The maximum atomic E-state index is 12.2. The van der Waals surface area contributed by atoms with Gasteiger partial charge in [-0.2, -0.15) is 0 Å². The third-order valence-corrected chi connectivity index (χ3v) is 3.79. The van der Waals surface area contributed by atoms with Gasteiger partial charge in [-0.05, 0) is 19.3 Å². The van der Waals surface area contributed by atoms with E-state index in [9.17, 15) is 9.59 Å². The summed E-state index contributed by atoms with van der Waals surface area (Å²) in [4.78, 5) is 25.3. The first-order valence-corrected chi connectivity index (χ1v) is 7.27. The Morgan fingerprint density at radius 3 is 2.65 bits per heavy atom. The van der Waals surface area contributed by atoms with Crippen molar-refractivity contribution in [3.05, 3.63) is 0 Å². The molecule has 0 N–H and O–H groups in total. The second-order valence-corrected chi connectivity index (χ2v) is 5.31. The lowest BCUT2D eigenvalue weighted by atomic mass is 10.1. The number of hydrogen-bond donors (Lipinski definition) is 0. The van der Waals surface area contributed by atoms with Crippen LogP contribution in [-0.2, 0) is 23.8 Å². The molecule has 2 aliphatic rings. The minimum Gasteiger partial charge on any atom is -0.469 e. The van der Waals surface area contributed by atoms with Crippen molar-refractivity contribution in [2.75, 3.05) is 33.4 Å². The van der Waals surface area contributed by atoms with Gasteiger partial charge in [0, 0.05) is 19.7 Å². The normalized spacial score (nSPS) is 27.1. The second-order valence-electron chi connectivity index (χ2n) is 5.31. The van der Waals surface area contributed by atoms with Crippen LogP contribution < -0.4 is 0 Å². The van der Waals surface area contributed by atoms with Crippen molar-refractivity contribution >= 4 is 11.9 Å². The maximum absolute atomic E-state index is 12.2. The Kier molecular flexibility index (Phi) is 5.79. The molecule has 0 bridgehead atoms. The molecule has 2 unspecified atom stereocenters. The van der Waals surface area contributed by atoms with Crippen molar-refractivity contribution in [2.24, 2.45) is 0 Å². The maximum Gasteiger partial charge on any atom is 0.308 e. The van der Waals surface area contributed by atoms with Gasteiger partial charge in [-0.1, -0.05) is 0 Å². The fourth-order valence-electron chi connectivity index (χ4n) is 2.63. The fourth-order valence-corrected chi connectivity index (χ4v) is 2.63. The lowest BCUT2D eigenvalue weighted by Gasteiger charge is -2.33. The monoisotopic (exact) mass is 285 g/mol. The third kappa shape index (κ3) is 4.45. The quantitative estimate of drug-likeness (QED) is 0.713. The first-order chi connectivity index (χ1) is 9.69. The molecule has 0 spiro atoms. The van der Waals surface area contributed by atoms with Gasteiger partial charge in [-0.25, -0.2) is 0 Å². The zero-order chi connectivity index (χ0) is 14.4. The number of carbonyl (C=O) groups is 2. The molecular weight excluding hydrogens is 262 g/mol. The SMILES string of the molecule is COC(=O)CC1CN(C(=O)CC2CCCCO2)CCO1. The number of nitrogens with zero attached hydrogens (tertiary/aromatic N) is 1. The number of esters is 1. The average molecular weight is 285 g/mol. The second kappa shape index (κ2) is 7.59. The summed E-state index contributed by atoms with van der Waals surface area (Å²) < 4.78 is 15.7. The first-order valence-electron chi connectivity index (χ1n) is 7.27. The number of amides is 1. The first kappa shape index (κ1) is 15.3. The molecule has 2 saturated heterocycles. The Morgan fingerprint density at radius 1 is 1.15 bits per heavy atom. The van der Waals surface area contributed by atoms with Crippen LogP contribution in [0.1, 0.15) is 32.1 Å². The van der Waals surface area contributed by atoms with Crippen LogP contribution in [0.5, 0.6) is 0 Å². The molecule has 6 heteroatoms. The summed E-state index contributed by atoms with van der Waals surface area (Å²) in [6.45, 7) is 2.27. The lowest BCUT2D eigenvalue weighted by Crippen LogP contribution is -2.47. The van der Waals surface area contributed by atoms with Crippen molar-refractivity contribution in [2.45, 2.75) is 44.3 Å². The van der Waals surface area contributed by atoms with E-state index in [1.165, 1.54) is 7.11 Å². The highest BCUT2D eigenvalue weighted by atomic mass is 16.5. The predicted octanol–water partition coefficient (Wildman–Crippen LogP) is 0.736. The average Bonchev–Trinajstić information content (AvgIpc) is 2.48. The summed E-state index contributed by atoms with van der Waals surface area (Å²) in [5.74, 6) is -0.213. The van der Waals surface area contributed by atoms with Gasteiger partial charge in [0.2, 0.25) is 5.91 Å². The van der Waals surface area contributed by atoms with Crippen LogP contribution in [0.3, 0.4) is 0 Å². The number of ether oxygens (including phenoxy) is 3. The Morgan fingerprint density at radius 2 is 1.95 bits per heavy atom. The van der Waals surface area contributed by atoms with Gasteiger partial charge in [0.15, 0.2) is 0 Å². The molecule has 0 radical (unpaired) electrons. The molecule has 20 heavy (non-hydrogen) atoms. The molecule has 0 saturated carbocycles. The van der Waals surface area contributed by atoms with Crippen LogP contribution in [0, 0.1) is 0 Å². The van der Waals surface area contributed by atoms with Gasteiger partial charge < -0.3 is 19.1 Å². The molecule has 2 rings (SSSR count). The number of rotatable bonds is 4.